The van der Waals surface area contributed by atoms with Gasteiger partial charge in [0.05, 0.1) is 19.1 Å². The molecule has 5 nitrogen and oxygen atoms in total. The summed E-state index contributed by atoms with van der Waals surface area (Å²) in [6.45, 7) is 2.25. The summed E-state index contributed by atoms with van der Waals surface area (Å²) in [5.74, 6) is 0.656. The number of nitrogen functional groups attached to an aromatic ring is 1. The van der Waals surface area contributed by atoms with Gasteiger partial charge in [-0.3, -0.25) is 4.79 Å². The monoisotopic (exact) mass is 291 g/mol. The SMILES string of the molecule is CC(NC(=O)CCOc1ccc(N)cc1)c1nccs1. The van der Waals surface area contributed by atoms with Gasteiger partial charge in [-0.2, -0.15) is 0 Å². The van der Waals surface area contributed by atoms with E-state index in [1.54, 1.807) is 30.5 Å². The molecule has 0 spiro atoms. The maximum Gasteiger partial charge on any atom is 0.223 e. The van der Waals surface area contributed by atoms with Crippen LogP contribution in [0.25, 0.3) is 0 Å². The van der Waals surface area contributed by atoms with E-state index in [1.807, 2.05) is 12.3 Å². The molecule has 0 radical (unpaired) electrons. The highest BCUT2D eigenvalue weighted by Crippen LogP contribution is 2.15. The molecule has 20 heavy (non-hydrogen) atoms. The minimum atomic E-state index is -0.0703. The highest BCUT2D eigenvalue weighted by atomic mass is 32.1. The van der Waals surface area contributed by atoms with Crippen molar-refractivity contribution in [3.8, 4) is 5.75 Å². The van der Waals surface area contributed by atoms with Crippen LogP contribution in [0.2, 0.25) is 0 Å². The molecule has 1 heterocycles. The molecule has 0 bridgehead atoms. The van der Waals surface area contributed by atoms with Gasteiger partial charge in [0.2, 0.25) is 5.91 Å². The number of rotatable bonds is 6. The number of carbonyl (C=O) groups excluding carboxylic acids is 1. The van der Waals surface area contributed by atoms with Crippen LogP contribution in [0.1, 0.15) is 24.4 Å². The second kappa shape index (κ2) is 6.91. The summed E-state index contributed by atoms with van der Waals surface area (Å²) in [6, 6.07) is 7.02. The van der Waals surface area contributed by atoms with Crippen LogP contribution < -0.4 is 15.8 Å². The van der Waals surface area contributed by atoms with Gasteiger partial charge in [-0.1, -0.05) is 0 Å². The molecular formula is C14H17N3O2S. The van der Waals surface area contributed by atoms with Crippen LogP contribution in [0.3, 0.4) is 0 Å². The summed E-state index contributed by atoms with van der Waals surface area (Å²) < 4.78 is 5.47. The Labute approximate surface area is 121 Å². The van der Waals surface area contributed by atoms with Crippen LogP contribution in [0, 0.1) is 0 Å². The maximum atomic E-state index is 11.8. The summed E-state index contributed by atoms with van der Waals surface area (Å²) in [4.78, 5) is 15.9. The van der Waals surface area contributed by atoms with Crippen molar-refractivity contribution >= 4 is 22.9 Å². The Morgan fingerprint density at radius 1 is 1.45 bits per heavy atom. The van der Waals surface area contributed by atoms with Crippen LogP contribution in [0.4, 0.5) is 5.69 Å². The Morgan fingerprint density at radius 3 is 2.85 bits per heavy atom. The predicted octanol–water partition coefficient (Wildman–Crippen LogP) is 2.37. The molecule has 0 saturated carbocycles. The van der Waals surface area contributed by atoms with E-state index in [9.17, 15) is 4.79 Å². The smallest absolute Gasteiger partial charge is 0.223 e. The molecule has 1 atom stereocenters. The highest BCUT2D eigenvalue weighted by molar-refractivity contribution is 7.09. The molecule has 1 aromatic carbocycles. The van der Waals surface area contributed by atoms with Crippen molar-refractivity contribution in [2.24, 2.45) is 0 Å². The number of ether oxygens (including phenoxy) is 1. The molecule has 1 unspecified atom stereocenters. The largest absolute Gasteiger partial charge is 0.493 e. The fourth-order valence-corrected chi connectivity index (χ4v) is 2.30. The molecule has 0 aliphatic rings. The van der Waals surface area contributed by atoms with Crippen LogP contribution in [-0.4, -0.2) is 17.5 Å². The Hall–Kier alpha value is -2.08. The molecule has 3 N–H and O–H groups in total. The van der Waals surface area contributed by atoms with E-state index in [0.717, 1.165) is 5.01 Å². The number of nitrogens with two attached hydrogens (primary N) is 1. The minimum absolute atomic E-state index is 0.0526. The van der Waals surface area contributed by atoms with E-state index in [1.165, 1.54) is 11.3 Å². The Balaban J connectivity index is 1.71. The molecule has 1 amide bonds. The average Bonchev–Trinajstić information content (AvgIpc) is 2.95. The molecule has 1 aromatic heterocycles. The first-order chi connectivity index (χ1) is 9.65. The number of hydrogen-bond acceptors (Lipinski definition) is 5. The van der Waals surface area contributed by atoms with Gasteiger partial charge in [0.1, 0.15) is 10.8 Å². The van der Waals surface area contributed by atoms with Crippen molar-refractivity contribution in [3.63, 3.8) is 0 Å². The second-order valence-electron chi connectivity index (χ2n) is 4.33. The molecule has 2 rings (SSSR count). The normalized spacial score (nSPS) is 11.8. The Kier molecular flexibility index (Phi) is 4.95. The van der Waals surface area contributed by atoms with E-state index in [-0.39, 0.29) is 11.9 Å². The van der Waals surface area contributed by atoms with E-state index >= 15 is 0 Å². The molecule has 0 aliphatic carbocycles. The number of carbonyl (C=O) groups is 1. The predicted molar refractivity (Wildman–Crippen MR) is 79.6 cm³/mol. The molecule has 0 saturated heterocycles. The van der Waals surface area contributed by atoms with Crippen LogP contribution in [0.15, 0.2) is 35.8 Å². The molecule has 0 fully saturated rings. The zero-order chi connectivity index (χ0) is 14.4. The number of benzene rings is 1. The van der Waals surface area contributed by atoms with Gasteiger partial charge >= 0.3 is 0 Å². The molecule has 2 aromatic rings. The van der Waals surface area contributed by atoms with Gasteiger partial charge in [0.15, 0.2) is 0 Å². The summed E-state index contributed by atoms with van der Waals surface area (Å²) >= 11 is 1.53. The number of nitrogens with zero attached hydrogens (tertiary/aromatic N) is 1. The summed E-state index contributed by atoms with van der Waals surface area (Å²) in [7, 11) is 0. The summed E-state index contributed by atoms with van der Waals surface area (Å²) in [5, 5.41) is 5.68. The average molecular weight is 291 g/mol. The topological polar surface area (TPSA) is 77.2 Å². The van der Waals surface area contributed by atoms with Crippen molar-refractivity contribution < 1.29 is 9.53 Å². The van der Waals surface area contributed by atoms with Crippen molar-refractivity contribution in [2.75, 3.05) is 12.3 Å². The highest BCUT2D eigenvalue weighted by Gasteiger charge is 2.11. The fourth-order valence-electron chi connectivity index (χ4n) is 1.65. The second-order valence-corrected chi connectivity index (χ2v) is 5.25. The number of thiazole rings is 1. The standard InChI is InChI=1S/C14H17N3O2S/c1-10(14-16-7-9-20-14)17-13(18)6-8-19-12-4-2-11(15)3-5-12/h2-5,7,9-10H,6,8,15H2,1H3,(H,17,18). The quantitative estimate of drug-likeness (QED) is 0.801. The van der Waals surface area contributed by atoms with Gasteiger partial charge in [-0.15, -0.1) is 11.3 Å². The first kappa shape index (κ1) is 14.3. The summed E-state index contributed by atoms with van der Waals surface area (Å²) in [5.41, 5.74) is 6.27. The number of hydrogen-bond donors (Lipinski definition) is 2. The van der Waals surface area contributed by atoms with Crippen LogP contribution in [0.5, 0.6) is 5.75 Å². The van der Waals surface area contributed by atoms with E-state index < -0.39 is 0 Å². The number of nitrogens with one attached hydrogen (secondary N) is 1. The Morgan fingerprint density at radius 2 is 2.20 bits per heavy atom. The number of anilines is 1. The molecule has 106 valence electrons. The van der Waals surface area contributed by atoms with Gasteiger partial charge in [-0.05, 0) is 31.2 Å². The van der Waals surface area contributed by atoms with Crippen molar-refractivity contribution in [1.29, 1.82) is 0 Å². The third kappa shape index (κ3) is 4.24. The molecular weight excluding hydrogens is 274 g/mol. The van der Waals surface area contributed by atoms with E-state index in [2.05, 4.69) is 10.3 Å². The fraction of sp³-hybridized carbons (Fsp3) is 0.286. The van der Waals surface area contributed by atoms with E-state index in [4.69, 9.17) is 10.5 Å². The zero-order valence-corrected chi connectivity index (χ0v) is 12.0. The van der Waals surface area contributed by atoms with Crippen molar-refractivity contribution in [2.45, 2.75) is 19.4 Å². The minimum Gasteiger partial charge on any atom is -0.493 e. The molecule has 0 aliphatic heterocycles. The lowest BCUT2D eigenvalue weighted by atomic mass is 10.3. The Bertz CT molecular complexity index is 540. The van der Waals surface area contributed by atoms with Gasteiger partial charge < -0.3 is 15.8 Å². The number of amides is 1. The third-order valence-electron chi connectivity index (χ3n) is 2.68. The lowest BCUT2D eigenvalue weighted by molar-refractivity contribution is -0.122. The third-order valence-corrected chi connectivity index (χ3v) is 3.64. The lowest BCUT2D eigenvalue weighted by Gasteiger charge is -2.11. The lowest BCUT2D eigenvalue weighted by Crippen LogP contribution is -2.27. The van der Waals surface area contributed by atoms with Crippen LogP contribution >= 0.6 is 11.3 Å². The summed E-state index contributed by atoms with van der Waals surface area (Å²) in [6.07, 6.45) is 2.03. The number of aromatic nitrogens is 1. The van der Waals surface area contributed by atoms with Crippen molar-refractivity contribution in [1.82, 2.24) is 10.3 Å². The first-order valence-electron chi connectivity index (χ1n) is 6.32. The van der Waals surface area contributed by atoms with Gasteiger partial charge in [0, 0.05) is 17.3 Å². The maximum absolute atomic E-state index is 11.8. The van der Waals surface area contributed by atoms with E-state index in [0.29, 0.717) is 24.5 Å². The van der Waals surface area contributed by atoms with Crippen molar-refractivity contribution in [3.05, 3.63) is 40.8 Å². The van der Waals surface area contributed by atoms with Crippen LogP contribution in [-0.2, 0) is 4.79 Å². The van der Waals surface area contributed by atoms with Gasteiger partial charge in [-0.25, -0.2) is 4.98 Å². The van der Waals surface area contributed by atoms with Gasteiger partial charge in [0.25, 0.3) is 0 Å². The zero-order valence-electron chi connectivity index (χ0n) is 11.2. The first-order valence-corrected chi connectivity index (χ1v) is 7.20. The molecule has 6 heteroatoms.